The van der Waals surface area contributed by atoms with Gasteiger partial charge in [0.05, 0.1) is 0 Å². The number of benzene rings is 1. The second-order valence-corrected chi connectivity index (χ2v) is 7.67. The maximum absolute atomic E-state index is 13.0. The predicted molar refractivity (Wildman–Crippen MR) is 104 cm³/mol. The molecular weight excluding hydrogens is 377 g/mol. The number of hydrogen-bond donors (Lipinski definition) is 2. The summed E-state index contributed by atoms with van der Waals surface area (Å²) in [6.07, 6.45) is 5.70. The van der Waals surface area contributed by atoms with Gasteiger partial charge in [0.1, 0.15) is 17.1 Å². The number of halogens is 1. The Bertz CT molecular complexity index is 868. The molecule has 0 bridgehead atoms. The molecule has 3 rings (SSSR count). The molecule has 6 nitrogen and oxygen atoms in total. The number of Topliss-reactive ketones (excluding diaryl/α,β-unsaturated/α-hetero) is 1. The van der Waals surface area contributed by atoms with Gasteiger partial charge in [0.25, 0.3) is 0 Å². The summed E-state index contributed by atoms with van der Waals surface area (Å²) >= 11 is 0. The molecule has 7 heteroatoms. The predicted octanol–water partition coefficient (Wildman–Crippen LogP) is 2.69. The van der Waals surface area contributed by atoms with Crippen molar-refractivity contribution in [3.8, 4) is 0 Å². The minimum atomic E-state index is -1.44. The van der Waals surface area contributed by atoms with Crippen molar-refractivity contribution in [2.75, 3.05) is 13.1 Å². The number of ketones is 1. The van der Waals surface area contributed by atoms with Crippen LogP contribution < -0.4 is 0 Å². The van der Waals surface area contributed by atoms with E-state index >= 15 is 0 Å². The van der Waals surface area contributed by atoms with E-state index in [2.05, 4.69) is 0 Å². The van der Waals surface area contributed by atoms with E-state index in [1.807, 2.05) is 0 Å². The maximum atomic E-state index is 13.0. The monoisotopic (exact) mass is 401 g/mol. The SMILES string of the molecule is CC1C(C(=O)O)=CC=CC1(C(=O)O)N1CCC(C(=O)Cc2ccc(F)cc2)CC1. The van der Waals surface area contributed by atoms with E-state index in [0.29, 0.717) is 25.9 Å². The van der Waals surface area contributed by atoms with Gasteiger partial charge >= 0.3 is 11.9 Å². The molecule has 1 saturated heterocycles. The molecule has 0 radical (unpaired) electrons. The summed E-state index contributed by atoms with van der Waals surface area (Å²) in [4.78, 5) is 38.1. The highest BCUT2D eigenvalue weighted by Gasteiger charge is 2.51. The van der Waals surface area contributed by atoms with Crippen molar-refractivity contribution in [3.05, 3.63) is 59.4 Å². The van der Waals surface area contributed by atoms with Crippen molar-refractivity contribution in [3.63, 3.8) is 0 Å². The number of carbonyl (C=O) groups excluding carboxylic acids is 1. The fourth-order valence-electron chi connectivity index (χ4n) is 4.37. The molecule has 1 heterocycles. The molecular formula is C22H24FNO5. The Labute approximate surface area is 168 Å². The van der Waals surface area contributed by atoms with Crippen LogP contribution in [0.1, 0.15) is 25.3 Å². The van der Waals surface area contributed by atoms with Gasteiger partial charge in [-0.1, -0.05) is 37.3 Å². The summed E-state index contributed by atoms with van der Waals surface area (Å²) < 4.78 is 13.0. The van der Waals surface area contributed by atoms with E-state index in [1.54, 1.807) is 30.0 Å². The van der Waals surface area contributed by atoms with E-state index in [4.69, 9.17) is 0 Å². The van der Waals surface area contributed by atoms with Gasteiger partial charge in [0.2, 0.25) is 0 Å². The lowest BCUT2D eigenvalue weighted by atomic mass is 9.74. The summed E-state index contributed by atoms with van der Waals surface area (Å²) in [6.45, 7) is 2.38. The van der Waals surface area contributed by atoms with Crippen LogP contribution in [-0.2, 0) is 20.8 Å². The number of carbonyl (C=O) groups is 3. The van der Waals surface area contributed by atoms with Gasteiger partial charge in [0, 0.05) is 36.9 Å². The van der Waals surface area contributed by atoms with Gasteiger partial charge in [0.15, 0.2) is 0 Å². The van der Waals surface area contributed by atoms with Crippen molar-refractivity contribution in [1.29, 1.82) is 0 Å². The number of carboxylic acid groups (broad SMARTS) is 2. The Morgan fingerprint density at radius 3 is 2.31 bits per heavy atom. The highest BCUT2D eigenvalue weighted by Crippen LogP contribution is 2.38. The molecule has 0 aromatic heterocycles. The van der Waals surface area contributed by atoms with Crippen molar-refractivity contribution < 1.29 is 29.0 Å². The van der Waals surface area contributed by atoms with E-state index in [-0.39, 0.29) is 29.5 Å². The molecule has 0 amide bonds. The van der Waals surface area contributed by atoms with Crippen molar-refractivity contribution in [1.82, 2.24) is 4.90 Å². The van der Waals surface area contributed by atoms with Crippen LogP contribution in [0.4, 0.5) is 4.39 Å². The van der Waals surface area contributed by atoms with Crippen molar-refractivity contribution >= 4 is 17.7 Å². The summed E-state index contributed by atoms with van der Waals surface area (Å²) in [5, 5.41) is 19.4. The number of carboxylic acids is 2. The fraction of sp³-hybridized carbons (Fsp3) is 0.409. The van der Waals surface area contributed by atoms with E-state index < -0.39 is 23.4 Å². The molecule has 1 aromatic carbocycles. The lowest BCUT2D eigenvalue weighted by Gasteiger charge is -2.46. The number of allylic oxidation sites excluding steroid dienone is 2. The number of piperidine rings is 1. The topological polar surface area (TPSA) is 94.9 Å². The molecule has 2 N–H and O–H groups in total. The first-order valence-electron chi connectivity index (χ1n) is 9.64. The standard InChI is InChI=1S/C22H24FNO5/c1-14-18(20(26)27)3-2-10-22(14,21(28)29)24-11-8-16(9-12-24)19(25)13-15-4-6-17(23)7-5-15/h2-7,10,14,16H,8-9,11-13H2,1H3,(H,26,27)(H,28,29). The first-order chi connectivity index (χ1) is 13.8. The zero-order valence-corrected chi connectivity index (χ0v) is 16.2. The second-order valence-electron chi connectivity index (χ2n) is 7.67. The minimum Gasteiger partial charge on any atom is -0.480 e. The van der Waals surface area contributed by atoms with E-state index in [9.17, 15) is 29.0 Å². The molecule has 2 unspecified atom stereocenters. The number of aliphatic carboxylic acids is 2. The number of hydrogen-bond acceptors (Lipinski definition) is 4. The second kappa shape index (κ2) is 8.29. The Balaban J connectivity index is 1.70. The summed E-state index contributed by atoms with van der Waals surface area (Å²) in [5.74, 6) is -3.44. The van der Waals surface area contributed by atoms with Gasteiger partial charge in [-0.15, -0.1) is 0 Å². The smallest absolute Gasteiger partial charge is 0.331 e. The van der Waals surface area contributed by atoms with E-state index in [0.717, 1.165) is 5.56 Å². The van der Waals surface area contributed by atoms with Gasteiger partial charge in [-0.25, -0.2) is 14.0 Å². The molecule has 1 aliphatic heterocycles. The maximum Gasteiger partial charge on any atom is 0.331 e. The van der Waals surface area contributed by atoms with Crippen LogP contribution in [0.15, 0.2) is 48.1 Å². The zero-order chi connectivity index (χ0) is 21.2. The van der Waals surface area contributed by atoms with Crippen LogP contribution in [0.5, 0.6) is 0 Å². The first-order valence-corrected chi connectivity index (χ1v) is 9.64. The molecule has 2 aliphatic rings. The Morgan fingerprint density at radius 1 is 1.14 bits per heavy atom. The zero-order valence-electron chi connectivity index (χ0n) is 16.2. The van der Waals surface area contributed by atoms with Crippen molar-refractivity contribution in [2.24, 2.45) is 11.8 Å². The van der Waals surface area contributed by atoms with Gasteiger partial charge < -0.3 is 10.2 Å². The molecule has 0 spiro atoms. The molecule has 1 aromatic rings. The number of rotatable bonds is 6. The van der Waals surface area contributed by atoms with Crippen LogP contribution in [0.25, 0.3) is 0 Å². The van der Waals surface area contributed by atoms with Crippen molar-refractivity contribution in [2.45, 2.75) is 31.7 Å². The van der Waals surface area contributed by atoms with Crippen LogP contribution >= 0.6 is 0 Å². The van der Waals surface area contributed by atoms with Gasteiger partial charge in [-0.3, -0.25) is 9.69 Å². The van der Waals surface area contributed by atoms with Crippen LogP contribution in [0, 0.1) is 17.7 Å². The Hall–Kier alpha value is -2.80. The normalized spacial score (nSPS) is 25.4. The van der Waals surface area contributed by atoms with Gasteiger partial charge in [-0.2, -0.15) is 0 Å². The van der Waals surface area contributed by atoms with Crippen LogP contribution in [0.3, 0.4) is 0 Å². The lowest BCUT2D eigenvalue weighted by molar-refractivity contribution is -0.152. The van der Waals surface area contributed by atoms with Crippen LogP contribution in [0.2, 0.25) is 0 Å². The summed E-state index contributed by atoms with van der Waals surface area (Å²) in [7, 11) is 0. The highest BCUT2D eigenvalue weighted by atomic mass is 19.1. The minimum absolute atomic E-state index is 0.0546. The average Bonchev–Trinajstić information content (AvgIpc) is 2.69. The van der Waals surface area contributed by atoms with E-state index in [1.165, 1.54) is 24.3 Å². The molecule has 1 aliphatic carbocycles. The summed E-state index contributed by atoms with van der Waals surface area (Å²) in [5.41, 5.74) is -0.627. The molecule has 0 saturated carbocycles. The number of nitrogens with zero attached hydrogens (tertiary/aromatic N) is 1. The summed E-state index contributed by atoms with van der Waals surface area (Å²) in [6, 6.07) is 5.84. The molecule has 2 atom stereocenters. The molecule has 1 fully saturated rings. The molecule has 154 valence electrons. The Kier molecular flexibility index (Phi) is 5.98. The highest BCUT2D eigenvalue weighted by molar-refractivity contribution is 5.93. The third-order valence-electron chi connectivity index (χ3n) is 6.11. The van der Waals surface area contributed by atoms with Crippen LogP contribution in [-0.4, -0.2) is 51.5 Å². The Morgan fingerprint density at radius 2 is 1.76 bits per heavy atom. The fourth-order valence-corrected chi connectivity index (χ4v) is 4.37. The lowest BCUT2D eigenvalue weighted by Crippen LogP contribution is -2.61. The van der Waals surface area contributed by atoms with Gasteiger partial charge in [-0.05, 0) is 30.5 Å². The quantitative estimate of drug-likeness (QED) is 0.761. The number of likely N-dealkylation sites (tertiary alicyclic amines) is 1. The first kappa shape index (κ1) is 20.9. The largest absolute Gasteiger partial charge is 0.480 e. The third-order valence-corrected chi connectivity index (χ3v) is 6.11. The third kappa shape index (κ3) is 4.00. The average molecular weight is 401 g/mol. The molecule has 29 heavy (non-hydrogen) atoms.